The van der Waals surface area contributed by atoms with Crippen molar-refractivity contribution >= 4 is 0 Å². The van der Waals surface area contributed by atoms with Gasteiger partial charge in [-0.15, -0.1) is 0 Å². The minimum atomic E-state index is 0.475. The first-order valence-electron chi connectivity index (χ1n) is 8.42. The monoisotopic (exact) mass is 291 g/mol. The van der Waals surface area contributed by atoms with Crippen molar-refractivity contribution in [2.45, 2.75) is 52.0 Å². The summed E-state index contributed by atoms with van der Waals surface area (Å²) in [6.07, 6.45) is 6.58. The zero-order valence-electron chi connectivity index (χ0n) is 13.4. The van der Waals surface area contributed by atoms with Crippen molar-refractivity contribution < 1.29 is 9.47 Å². The van der Waals surface area contributed by atoms with E-state index in [4.69, 9.17) is 9.47 Å². The molecule has 1 aliphatic rings. The predicted molar refractivity (Wildman–Crippen MR) is 87.1 cm³/mol. The van der Waals surface area contributed by atoms with Gasteiger partial charge in [0, 0.05) is 12.1 Å². The van der Waals surface area contributed by atoms with Gasteiger partial charge in [-0.1, -0.05) is 25.8 Å². The van der Waals surface area contributed by atoms with Crippen LogP contribution in [0.4, 0.5) is 0 Å². The molecule has 1 unspecified atom stereocenters. The van der Waals surface area contributed by atoms with Crippen LogP contribution in [0.2, 0.25) is 0 Å². The van der Waals surface area contributed by atoms with Gasteiger partial charge in [0.15, 0.2) is 0 Å². The molecule has 0 bridgehead atoms. The van der Waals surface area contributed by atoms with Gasteiger partial charge in [-0.2, -0.15) is 0 Å². The van der Waals surface area contributed by atoms with Gasteiger partial charge in [-0.3, -0.25) is 0 Å². The normalized spacial score (nSPS) is 16.9. The maximum absolute atomic E-state index is 6.02. The Balaban J connectivity index is 1.89. The Hall–Kier alpha value is -1.22. The second kappa shape index (κ2) is 8.93. The van der Waals surface area contributed by atoms with Gasteiger partial charge >= 0.3 is 0 Å². The van der Waals surface area contributed by atoms with Gasteiger partial charge in [-0.05, 0) is 50.8 Å². The molecule has 1 atom stereocenters. The van der Waals surface area contributed by atoms with Crippen molar-refractivity contribution in [1.82, 2.24) is 5.32 Å². The maximum atomic E-state index is 6.02. The average molecular weight is 291 g/mol. The molecule has 1 aromatic rings. The molecule has 3 nitrogen and oxygen atoms in total. The Morgan fingerprint density at radius 3 is 2.52 bits per heavy atom. The van der Waals surface area contributed by atoms with Crippen molar-refractivity contribution in [1.29, 1.82) is 0 Å². The summed E-state index contributed by atoms with van der Waals surface area (Å²) in [4.78, 5) is 0. The van der Waals surface area contributed by atoms with Crippen LogP contribution in [0.25, 0.3) is 0 Å². The molecule has 1 aromatic carbocycles. The number of hydrogen-bond donors (Lipinski definition) is 1. The van der Waals surface area contributed by atoms with E-state index in [-0.39, 0.29) is 0 Å². The van der Waals surface area contributed by atoms with Crippen molar-refractivity contribution in [3.8, 4) is 11.5 Å². The van der Waals surface area contributed by atoms with Crippen LogP contribution in [0.1, 0.15) is 46.0 Å². The summed E-state index contributed by atoms with van der Waals surface area (Å²) >= 11 is 0. The van der Waals surface area contributed by atoms with Crippen LogP contribution in [0.15, 0.2) is 24.3 Å². The molecule has 0 saturated heterocycles. The summed E-state index contributed by atoms with van der Waals surface area (Å²) < 4.78 is 11.5. The molecule has 0 aliphatic heterocycles. The van der Waals surface area contributed by atoms with Crippen LogP contribution in [0.5, 0.6) is 11.5 Å². The largest absolute Gasteiger partial charge is 0.494 e. The zero-order chi connectivity index (χ0) is 14.9. The molecule has 1 fully saturated rings. The van der Waals surface area contributed by atoms with Gasteiger partial charge in [0.05, 0.1) is 6.61 Å². The number of hydrogen-bond acceptors (Lipinski definition) is 3. The lowest BCUT2D eigenvalue weighted by Gasteiger charge is -2.25. The summed E-state index contributed by atoms with van der Waals surface area (Å²) in [5.74, 6) is 2.56. The highest BCUT2D eigenvalue weighted by atomic mass is 16.5. The van der Waals surface area contributed by atoms with Gasteiger partial charge in [0.1, 0.15) is 18.1 Å². The predicted octanol–water partition coefficient (Wildman–Crippen LogP) is 4.02. The smallest absolute Gasteiger partial charge is 0.123 e. The first kappa shape index (κ1) is 16.2. The topological polar surface area (TPSA) is 30.5 Å². The Bertz CT molecular complexity index is 402. The second-order valence-electron chi connectivity index (χ2n) is 5.82. The molecule has 1 N–H and O–H groups in total. The van der Waals surface area contributed by atoms with Crippen molar-refractivity contribution in [2.24, 2.45) is 5.92 Å². The molecule has 0 radical (unpaired) electrons. The van der Waals surface area contributed by atoms with Gasteiger partial charge in [-0.25, -0.2) is 0 Å². The molecule has 0 spiro atoms. The molecule has 21 heavy (non-hydrogen) atoms. The summed E-state index contributed by atoms with van der Waals surface area (Å²) in [6.45, 7) is 6.72. The zero-order valence-corrected chi connectivity index (χ0v) is 13.4. The van der Waals surface area contributed by atoms with E-state index in [9.17, 15) is 0 Å². The quantitative estimate of drug-likeness (QED) is 0.745. The first-order chi connectivity index (χ1) is 10.3. The highest BCUT2D eigenvalue weighted by Gasteiger charge is 2.25. The van der Waals surface area contributed by atoms with Crippen molar-refractivity contribution in [2.75, 3.05) is 19.8 Å². The highest BCUT2D eigenvalue weighted by molar-refractivity contribution is 5.32. The van der Waals surface area contributed by atoms with E-state index in [1.54, 1.807) is 0 Å². The number of ether oxygens (including phenoxy) is 2. The first-order valence-corrected chi connectivity index (χ1v) is 8.42. The van der Waals surface area contributed by atoms with Gasteiger partial charge < -0.3 is 14.8 Å². The molecule has 3 heteroatoms. The van der Waals surface area contributed by atoms with Crippen molar-refractivity contribution in [3.05, 3.63) is 24.3 Å². The molecule has 0 aromatic heterocycles. The summed E-state index contributed by atoms with van der Waals surface area (Å²) in [5, 5.41) is 3.67. The molecular weight excluding hydrogens is 262 g/mol. The Morgan fingerprint density at radius 1 is 1.14 bits per heavy atom. The van der Waals surface area contributed by atoms with Crippen LogP contribution in [-0.4, -0.2) is 25.8 Å². The summed E-state index contributed by atoms with van der Waals surface area (Å²) in [6, 6.07) is 8.43. The standard InChI is InChI=1S/C18H29NO2/c1-3-12-19-18(15-8-5-6-9-15)14-21-17-11-7-10-16(13-17)20-4-2/h7,10-11,13,15,18-19H,3-6,8-9,12,14H2,1-2H3. The molecule has 1 aliphatic carbocycles. The third-order valence-electron chi connectivity index (χ3n) is 4.17. The SMILES string of the molecule is CCCNC(COc1cccc(OCC)c1)C1CCCC1. The lowest BCUT2D eigenvalue weighted by Crippen LogP contribution is -2.40. The van der Waals surface area contributed by atoms with Crippen molar-refractivity contribution in [3.63, 3.8) is 0 Å². The van der Waals surface area contributed by atoms with E-state index in [0.717, 1.165) is 30.6 Å². The van der Waals surface area contributed by atoms with E-state index in [2.05, 4.69) is 12.2 Å². The summed E-state index contributed by atoms with van der Waals surface area (Å²) in [5.41, 5.74) is 0. The molecular formula is C18H29NO2. The van der Waals surface area contributed by atoms with Crippen LogP contribution >= 0.6 is 0 Å². The Morgan fingerprint density at radius 2 is 1.86 bits per heavy atom. The maximum Gasteiger partial charge on any atom is 0.123 e. The third-order valence-corrected chi connectivity index (χ3v) is 4.17. The molecule has 0 amide bonds. The lowest BCUT2D eigenvalue weighted by molar-refractivity contribution is 0.216. The molecule has 2 rings (SSSR count). The average Bonchev–Trinajstić information content (AvgIpc) is 3.02. The van der Waals surface area contributed by atoms with E-state index >= 15 is 0 Å². The Labute approximate surface area is 129 Å². The van der Waals surface area contributed by atoms with Gasteiger partial charge in [0.25, 0.3) is 0 Å². The Kier molecular flexibility index (Phi) is 6.87. The van der Waals surface area contributed by atoms with E-state index in [1.807, 2.05) is 31.2 Å². The van der Waals surface area contributed by atoms with Crippen LogP contribution in [0, 0.1) is 5.92 Å². The molecule has 1 saturated carbocycles. The van der Waals surface area contributed by atoms with Crippen LogP contribution < -0.4 is 14.8 Å². The third kappa shape index (κ3) is 5.24. The summed E-state index contributed by atoms with van der Waals surface area (Å²) in [7, 11) is 0. The molecule has 118 valence electrons. The van der Waals surface area contributed by atoms with Gasteiger partial charge in [0.2, 0.25) is 0 Å². The number of benzene rings is 1. The van der Waals surface area contributed by atoms with Crippen LogP contribution in [0.3, 0.4) is 0 Å². The van der Waals surface area contributed by atoms with E-state index in [1.165, 1.54) is 32.1 Å². The lowest BCUT2D eigenvalue weighted by atomic mass is 9.98. The second-order valence-corrected chi connectivity index (χ2v) is 5.82. The number of nitrogens with one attached hydrogen (secondary N) is 1. The highest BCUT2D eigenvalue weighted by Crippen LogP contribution is 2.28. The minimum Gasteiger partial charge on any atom is -0.494 e. The molecule has 0 heterocycles. The van der Waals surface area contributed by atoms with E-state index in [0.29, 0.717) is 12.6 Å². The number of rotatable bonds is 9. The van der Waals surface area contributed by atoms with E-state index < -0.39 is 0 Å². The van der Waals surface area contributed by atoms with Crippen LogP contribution in [-0.2, 0) is 0 Å². The fourth-order valence-corrected chi connectivity index (χ4v) is 3.06. The fraction of sp³-hybridized carbons (Fsp3) is 0.667. The fourth-order valence-electron chi connectivity index (χ4n) is 3.06. The minimum absolute atomic E-state index is 0.475.